The van der Waals surface area contributed by atoms with E-state index in [9.17, 15) is 0 Å². The van der Waals surface area contributed by atoms with Crippen LogP contribution >= 0.6 is 11.8 Å². The molecule has 0 saturated heterocycles. The third kappa shape index (κ3) is 4.90. The molecule has 0 N–H and O–H groups in total. The minimum absolute atomic E-state index is 0.654. The summed E-state index contributed by atoms with van der Waals surface area (Å²) in [5.74, 6) is 1.99. The van der Waals surface area contributed by atoms with Crippen molar-refractivity contribution in [1.82, 2.24) is 4.90 Å². The Morgan fingerprint density at radius 1 is 1.38 bits per heavy atom. The number of nitrogens with zero attached hydrogens (tertiary/aromatic N) is 1. The van der Waals surface area contributed by atoms with Crippen LogP contribution in [0.25, 0.3) is 0 Å². The van der Waals surface area contributed by atoms with Gasteiger partial charge in [0.05, 0.1) is 7.11 Å². The molecular weight excluding hydrogens is 218 g/mol. The zero-order valence-corrected chi connectivity index (χ0v) is 11.4. The minimum atomic E-state index is 0.654. The van der Waals surface area contributed by atoms with Gasteiger partial charge in [-0.1, -0.05) is 19.1 Å². The number of ether oxygens (including phenoxy) is 1. The van der Waals surface area contributed by atoms with Crippen molar-refractivity contribution in [2.45, 2.75) is 17.9 Å². The first-order chi connectivity index (χ1) is 7.61. The van der Waals surface area contributed by atoms with E-state index in [1.54, 1.807) is 7.11 Å². The molecular formula is C13H21NOS. The van der Waals surface area contributed by atoms with E-state index < -0.39 is 0 Å². The Balaban J connectivity index is 2.41. The number of rotatable bonds is 6. The molecule has 0 bridgehead atoms. The van der Waals surface area contributed by atoms with Crippen LogP contribution in [0.1, 0.15) is 12.5 Å². The highest BCUT2D eigenvalue weighted by molar-refractivity contribution is 7.99. The molecule has 0 saturated carbocycles. The summed E-state index contributed by atoms with van der Waals surface area (Å²) in [6.45, 7) is 3.39. The lowest BCUT2D eigenvalue weighted by Crippen LogP contribution is -2.21. The van der Waals surface area contributed by atoms with E-state index in [1.165, 1.54) is 5.56 Å². The summed E-state index contributed by atoms with van der Waals surface area (Å²) < 4.78 is 5.21. The van der Waals surface area contributed by atoms with Crippen LogP contribution in [0.15, 0.2) is 24.3 Å². The van der Waals surface area contributed by atoms with E-state index in [2.05, 4.69) is 38.1 Å². The molecule has 0 amide bonds. The predicted octanol–water partition coefficient (Wildman–Crippen LogP) is 2.88. The van der Waals surface area contributed by atoms with Crippen LogP contribution in [0.3, 0.4) is 0 Å². The monoisotopic (exact) mass is 239 g/mol. The standard InChI is InChI=1S/C13H21NOS/c1-11(9-14(2)3)16-10-12-6-5-7-13(8-12)15-4/h5-8,11H,9-10H2,1-4H3. The van der Waals surface area contributed by atoms with Crippen molar-refractivity contribution in [2.75, 3.05) is 27.7 Å². The maximum Gasteiger partial charge on any atom is 0.119 e. The van der Waals surface area contributed by atoms with Gasteiger partial charge >= 0.3 is 0 Å². The second-order valence-electron chi connectivity index (χ2n) is 4.24. The fraction of sp³-hybridized carbons (Fsp3) is 0.538. The lowest BCUT2D eigenvalue weighted by molar-refractivity contribution is 0.413. The Hall–Kier alpha value is -0.670. The third-order valence-electron chi connectivity index (χ3n) is 2.29. The maximum absolute atomic E-state index is 5.21. The van der Waals surface area contributed by atoms with Gasteiger partial charge in [-0.05, 0) is 31.8 Å². The first kappa shape index (κ1) is 13.4. The predicted molar refractivity (Wildman–Crippen MR) is 72.3 cm³/mol. The van der Waals surface area contributed by atoms with Gasteiger partial charge in [0.15, 0.2) is 0 Å². The van der Waals surface area contributed by atoms with Gasteiger partial charge < -0.3 is 9.64 Å². The van der Waals surface area contributed by atoms with Gasteiger partial charge in [0.25, 0.3) is 0 Å². The molecule has 0 fully saturated rings. The first-order valence-electron chi connectivity index (χ1n) is 5.51. The van der Waals surface area contributed by atoms with Crippen LogP contribution in [0.5, 0.6) is 5.75 Å². The molecule has 1 rings (SSSR count). The molecule has 1 aromatic carbocycles. The molecule has 2 nitrogen and oxygen atoms in total. The quantitative estimate of drug-likeness (QED) is 0.757. The topological polar surface area (TPSA) is 12.5 Å². The highest BCUT2D eigenvalue weighted by Crippen LogP contribution is 2.21. The van der Waals surface area contributed by atoms with E-state index in [0.29, 0.717) is 5.25 Å². The Kier molecular flexibility index (Phi) is 5.71. The molecule has 0 aliphatic heterocycles. The Morgan fingerprint density at radius 3 is 2.75 bits per heavy atom. The van der Waals surface area contributed by atoms with Crippen molar-refractivity contribution in [3.8, 4) is 5.75 Å². The molecule has 0 radical (unpaired) electrons. The summed E-state index contributed by atoms with van der Waals surface area (Å²) in [4.78, 5) is 2.23. The van der Waals surface area contributed by atoms with E-state index in [-0.39, 0.29) is 0 Å². The van der Waals surface area contributed by atoms with E-state index in [4.69, 9.17) is 4.74 Å². The average molecular weight is 239 g/mol. The van der Waals surface area contributed by atoms with Gasteiger partial charge in [-0.2, -0.15) is 11.8 Å². The summed E-state index contributed by atoms with van der Waals surface area (Å²) in [6.07, 6.45) is 0. The second-order valence-corrected chi connectivity index (χ2v) is 5.66. The first-order valence-corrected chi connectivity index (χ1v) is 6.56. The number of methoxy groups -OCH3 is 1. The lowest BCUT2D eigenvalue weighted by atomic mass is 10.2. The Morgan fingerprint density at radius 2 is 2.12 bits per heavy atom. The molecule has 0 aliphatic carbocycles. The number of hydrogen-bond acceptors (Lipinski definition) is 3. The van der Waals surface area contributed by atoms with Gasteiger partial charge in [-0.25, -0.2) is 0 Å². The van der Waals surface area contributed by atoms with Crippen molar-refractivity contribution in [3.05, 3.63) is 29.8 Å². The third-order valence-corrected chi connectivity index (χ3v) is 3.51. The van der Waals surface area contributed by atoms with Gasteiger partial charge in [-0.15, -0.1) is 0 Å². The number of benzene rings is 1. The molecule has 0 heterocycles. The van der Waals surface area contributed by atoms with Crippen molar-refractivity contribution in [3.63, 3.8) is 0 Å². The minimum Gasteiger partial charge on any atom is -0.497 e. The largest absolute Gasteiger partial charge is 0.497 e. The van der Waals surface area contributed by atoms with Crippen LogP contribution in [-0.2, 0) is 5.75 Å². The van der Waals surface area contributed by atoms with Crippen molar-refractivity contribution in [1.29, 1.82) is 0 Å². The Bertz CT molecular complexity index is 315. The molecule has 3 heteroatoms. The molecule has 16 heavy (non-hydrogen) atoms. The molecule has 0 aromatic heterocycles. The van der Waals surface area contributed by atoms with Crippen LogP contribution in [-0.4, -0.2) is 37.9 Å². The smallest absolute Gasteiger partial charge is 0.119 e. The molecule has 0 aliphatic rings. The molecule has 0 spiro atoms. The average Bonchev–Trinajstić information content (AvgIpc) is 2.26. The summed E-state index contributed by atoms with van der Waals surface area (Å²) >= 11 is 1.98. The normalized spacial score (nSPS) is 12.8. The van der Waals surface area contributed by atoms with Crippen LogP contribution < -0.4 is 4.74 Å². The summed E-state index contributed by atoms with van der Waals surface area (Å²) in [7, 11) is 5.94. The molecule has 1 atom stereocenters. The van der Waals surface area contributed by atoms with Gasteiger partial charge in [0.2, 0.25) is 0 Å². The van der Waals surface area contributed by atoms with Crippen LogP contribution in [0.2, 0.25) is 0 Å². The highest BCUT2D eigenvalue weighted by atomic mass is 32.2. The maximum atomic E-state index is 5.21. The van der Waals surface area contributed by atoms with E-state index in [0.717, 1.165) is 18.0 Å². The van der Waals surface area contributed by atoms with Crippen LogP contribution in [0.4, 0.5) is 0 Å². The fourth-order valence-corrected chi connectivity index (χ4v) is 2.63. The van der Waals surface area contributed by atoms with E-state index in [1.807, 2.05) is 23.9 Å². The fourth-order valence-electron chi connectivity index (χ4n) is 1.57. The zero-order valence-electron chi connectivity index (χ0n) is 10.6. The van der Waals surface area contributed by atoms with Crippen molar-refractivity contribution < 1.29 is 4.74 Å². The summed E-state index contributed by atoms with van der Waals surface area (Å²) in [6, 6.07) is 8.29. The van der Waals surface area contributed by atoms with Gasteiger partial charge in [0, 0.05) is 17.5 Å². The second kappa shape index (κ2) is 6.81. The van der Waals surface area contributed by atoms with E-state index >= 15 is 0 Å². The highest BCUT2D eigenvalue weighted by Gasteiger charge is 2.04. The van der Waals surface area contributed by atoms with Gasteiger partial charge in [0.1, 0.15) is 5.75 Å². The summed E-state index contributed by atoms with van der Waals surface area (Å²) in [5, 5.41) is 0.654. The van der Waals surface area contributed by atoms with Crippen molar-refractivity contribution >= 4 is 11.8 Å². The van der Waals surface area contributed by atoms with Crippen molar-refractivity contribution in [2.24, 2.45) is 0 Å². The molecule has 90 valence electrons. The number of hydrogen-bond donors (Lipinski definition) is 0. The SMILES string of the molecule is COc1cccc(CSC(C)CN(C)C)c1. The molecule has 1 unspecified atom stereocenters. The Labute approximate surface area is 103 Å². The van der Waals surface area contributed by atoms with Crippen LogP contribution in [0, 0.1) is 0 Å². The lowest BCUT2D eigenvalue weighted by Gasteiger charge is -2.16. The van der Waals surface area contributed by atoms with Gasteiger partial charge in [-0.3, -0.25) is 0 Å². The molecule has 1 aromatic rings. The number of thioether (sulfide) groups is 1. The zero-order chi connectivity index (χ0) is 12.0. The summed E-state index contributed by atoms with van der Waals surface area (Å²) in [5.41, 5.74) is 1.33.